The molecule has 2 saturated heterocycles. The lowest BCUT2D eigenvalue weighted by molar-refractivity contribution is 0.0404. The number of rotatable bonds is 5. The van der Waals surface area contributed by atoms with Crippen LogP contribution in [0.3, 0.4) is 0 Å². The summed E-state index contributed by atoms with van der Waals surface area (Å²) in [6.45, 7) is 5.62. The largest absolute Gasteiger partial charge is 0.390 e. The van der Waals surface area contributed by atoms with Crippen LogP contribution in [0.1, 0.15) is 25.7 Å². The van der Waals surface area contributed by atoms with Crippen LogP contribution in [-0.4, -0.2) is 85.6 Å². The molecule has 3 fully saturated rings. The molecule has 1 aromatic carbocycles. The van der Waals surface area contributed by atoms with Gasteiger partial charge in [-0.1, -0.05) is 31.0 Å². The maximum atomic E-state index is 12.8. The number of aliphatic hydroxyl groups is 1. The number of piperazine rings is 1. The lowest BCUT2D eigenvalue weighted by Crippen LogP contribution is -2.54. The third kappa shape index (κ3) is 4.22. The fourth-order valence-corrected chi connectivity index (χ4v) is 6.36. The monoisotopic (exact) mass is 393 g/mol. The van der Waals surface area contributed by atoms with Gasteiger partial charge in [-0.05, 0) is 30.9 Å². The summed E-state index contributed by atoms with van der Waals surface area (Å²) in [4.78, 5) is 5.14. The van der Waals surface area contributed by atoms with Gasteiger partial charge in [0.25, 0.3) is 0 Å². The van der Waals surface area contributed by atoms with Crippen molar-refractivity contribution in [3.05, 3.63) is 30.3 Å². The Hall–Kier alpha value is -0.990. The fraction of sp³-hybridized carbons (Fsp3) is 0.700. The molecule has 150 valence electrons. The zero-order valence-corrected chi connectivity index (χ0v) is 16.7. The van der Waals surface area contributed by atoms with Crippen molar-refractivity contribution in [3.8, 4) is 0 Å². The molecule has 3 aliphatic rings. The van der Waals surface area contributed by atoms with Gasteiger partial charge in [-0.3, -0.25) is 4.90 Å². The van der Waals surface area contributed by atoms with E-state index in [-0.39, 0.29) is 12.6 Å². The first-order valence-corrected chi connectivity index (χ1v) is 11.7. The molecule has 4 rings (SSSR count). The normalized spacial score (nSPS) is 29.5. The minimum absolute atomic E-state index is 0.0999. The molecule has 0 aromatic heterocycles. The predicted octanol–water partition coefficient (Wildman–Crippen LogP) is 1.23. The second-order valence-corrected chi connectivity index (χ2v) is 10.2. The van der Waals surface area contributed by atoms with E-state index in [2.05, 4.69) is 9.80 Å². The Bertz CT molecular complexity index is 713. The van der Waals surface area contributed by atoms with Crippen molar-refractivity contribution in [3.63, 3.8) is 0 Å². The summed E-state index contributed by atoms with van der Waals surface area (Å²) in [5, 5.41) is 10.6. The van der Waals surface area contributed by atoms with Crippen LogP contribution in [-0.2, 0) is 10.0 Å². The first-order valence-electron chi connectivity index (χ1n) is 10.2. The first-order chi connectivity index (χ1) is 13.0. The number of β-amino-alcohol motifs (C(OH)–C–C–N with tert-alkyl or cyclic N) is 1. The maximum absolute atomic E-state index is 12.8. The average Bonchev–Trinajstić information content (AvgIpc) is 3.33. The van der Waals surface area contributed by atoms with Gasteiger partial charge in [0.15, 0.2) is 0 Å². The second kappa shape index (κ2) is 8.17. The molecule has 2 aliphatic heterocycles. The van der Waals surface area contributed by atoms with Gasteiger partial charge in [0.1, 0.15) is 0 Å². The first kappa shape index (κ1) is 19.3. The lowest BCUT2D eigenvalue weighted by Gasteiger charge is -2.39. The molecule has 7 heteroatoms. The van der Waals surface area contributed by atoms with Gasteiger partial charge < -0.3 is 10.0 Å². The van der Waals surface area contributed by atoms with Crippen molar-refractivity contribution < 1.29 is 13.5 Å². The maximum Gasteiger partial charge on any atom is 0.243 e. The highest BCUT2D eigenvalue weighted by molar-refractivity contribution is 7.89. The molecule has 0 bridgehead atoms. The third-order valence-electron chi connectivity index (χ3n) is 6.47. The number of sulfonamides is 1. The van der Waals surface area contributed by atoms with Crippen LogP contribution < -0.4 is 0 Å². The Morgan fingerprint density at radius 3 is 2.30 bits per heavy atom. The summed E-state index contributed by atoms with van der Waals surface area (Å²) in [5.74, 6) is 0.861. The van der Waals surface area contributed by atoms with Gasteiger partial charge in [-0.2, -0.15) is 4.31 Å². The Kier molecular flexibility index (Phi) is 5.85. The van der Waals surface area contributed by atoms with Crippen molar-refractivity contribution in [2.45, 2.75) is 42.7 Å². The molecule has 27 heavy (non-hydrogen) atoms. The highest BCUT2D eigenvalue weighted by Gasteiger charge is 2.41. The summed E-state index contributed by atoms with van der Waals surface area (Å²) in [6.07, 6.45) is 4.88. The molecule has 0 unspecified atom stereocenters. The van der Waals surface area contributed by atoms with E-state index in [0.717, 1.165) is 32.1 Å². The number of nitrogens with zero attached hydrogens (tertiary/aromatic N) is 3. The van der Waals surface area contributed by atoms with Gasteiger partial charge in [0.05, 0.1) is 17.0 Å². The molecular formula is C20H31N3O3S. The molecule has 1 N–H and O–H groups in total. The molecular weight excluding hydrogens is 362 g/mol. The van der Waals surface area contributed by atoms with Crippen molar-refractivity contribution in [2.24, 2.45) is 5.92 Å². The van der Waals surface area contributed by atoms with E-state index >= 15 is 0 Å². The predicted molar refractivity (Wildman–Crippen MR) is 105 cm³/mol. The van der Waals surface area contributed by atoms with Gasteiger partial charge >= 0.3 is 0 Å². The standard InChI is InChI=1S/C20H31N3O3S/c24-20-16-23(27(25,26)18-8-2-1-3-9-18)15-19(20)22-12-10-21(11-13-22)14-17-6-4-5-7-17/h1-3,8-9,17,19-20,24H,4-7,10-16H2/t19-,20-/m1/s1. The molecule has 2 heterocycles. The van der Waals surface area contributed by atoms with E-state index in [1.165, 1.54) is 36.5 Å². The Morgan fingerprint density at radius 2 is 1.63 bits per heavy atom. The Labute approximate surface area is 162 Å². The zero-order valence-electron chi connectivity index (χ0n) is 15.9. The van der Waals surface area contributed by atoms with Crippen LogP contribution in [0.4, 0.5) is 0 Å². The minimum Gasteiger partial charge on any atom is -0.390 e. The quantitative estimate of drug-likeness (QED) is 0.815. The summed E-state index contributed by atoms with van der Waals surface area (Å²) in [5.41, 5.74) is 0. The van der Waals surface area contributed by atoms with Gasteiger partial charge in [0.2, 0.25) is 10.0 Å². The van der Waals surface area contributed by atoms with Gasteiger partial charge in [0, 0.05) is 45.8 Å². The van der Waals surface area contributed by atoms with E-state index in [4.69, 9.17) is 0 Å². The molecule has 1 aliphatic carbocycles. The fourth-order valence-electron chi connectivity index (χ4n) is 4.87. The van der Waals surface area contributed by atoms with E-state index in [1.807, 2.05) is 6.07 Å². The van der Waals surface area contributed by atoms with Crippen molar-refractivity contribution >= 4 is 10.0 Å². The SMILES string of the molecule is O=S(=O)(c1ccccc1)N1C[C@@H](O)[C@H](N2CCN(CC3CCCC3)CC2)C1. The number of hydrogen-bond donors (Lipinski definition) is 1. The second-order valence-electron chi connectivity index (χ2n) is 8.26. The van der Waals surface area contributed by atoms with Crippen LogP contribution in [0, 0.1) is 5.92 Å². The summed E-state index contributed by atoms with van der Waals surface area (Å²) < 4.78 is 27.1. The molecule has 0 amide bonds. The van der Waals surface area contributed by atoms with Crippen molar-refractivity contribution in [1.82, 2.24) is 14.1 Å². The van der Waals surface area contributed by atoms with Crippen LogP contribution in [0.2, 0.25) is 0 Å². The highest BCUT2D eigenvalue weighted by Crippen LogP contribution is 2.27. The molecule has 0 radical (unpaired) electrons. The third-order valence-corrected chi connectivity index (χ3v) is 8.32. The van der Waals surface area contributed by atoms with Crippen LogP contribution in [0.5, 0.6) is 0 Å². The number of benzene rings is 1. The van der Waals surface area contributed by atoms with Crippen LogP contribution in [0.15, 0.2) is 35.2 Å². The molecule has 1 aromatic rings. The minimum atomic E-state index is -3.53. The van der Waals surface area contributed by atoms with Crippen molar-refractivity contribution in [1.29, 1.82) is 0 Å². The smallest absolute Gasteiger partial charge is 0.243 e. The van der Waals surface area contributed by atoms with E-state index < -0.39 is 16.1 Å². The Balaban J connectivity index is 1.34. The van der Waals surface area contributed by atoms with Gasteiger partial charge in [-0.25, -0.2) is 8.42 Å². The highest BCUT2D eigenvalue weighted by atomic mass is 32.2. The molecule has 6 nitrogen and oxygen atoms in total. The number of aliphatic hydroxyl groups excluding tert-OH is 1. The average molecular weight is 394 g/mol. The molecule has 1 saturated carbocycles. The van der Waals surface area contributed by atoms with Crippen LogP contribution in [0.25, 0.3) is 0 Å². The zero-order chi connectivity index (χ0) is 18.9. The van der Waals surface area contributed by atoms with E-state index in [0.29, 0.717) is 11.4 Å². The van der Waals surface area contributed by atoms with Crippen molar-refractivity contribution in [2.75, 3.05) is 45.8 Å². The Morgan fingerprint density at radius 1 is 0.963 bits per heavy atom. The number of hydrogen-bond acceptors (Lipinski definition) is 5. The summed E-state index contributed by atoms with van der Waals surface area (Å²) in [6, 6.07) is 8.43. The molecule has 0 spiro atoms. The summed E-state index contributed by atoms with van der Waals surface area (Å²) >= 11 is 0. The lowest BCUT2D eigenvalue weighted by atomic mass is 10.1. The summed E-state index contributed by atoms with van der Waals surface area (Å²) in [7, 11) is -3.53. The molecule has 2 atom stereocenters. The van der Waals surface area contributed by atoms with Gasteiger partial charge in [-0.15, -0.1) is 0 Å². The van der Waals surface area contributed by atoms with E-state index in [9.17, 15) is 13.5 Å². The van der Waals surface area contributed by atoms with Crippen LogP contribution >= 0.6 is 0 Å². The van der Waals surface area contributed by atoms with E-state index in [1.54, 1.807) is 24.3 Å². The topological polar surface area (TPSA) is 64.1 Å².